The molecule has 122 valence electrons. The van der Waals surface area contributed by atoms with E-state index < -0.39 is 0 Å². The number of rotatable bonds is 6. The summed E-state index contributed by atoms with van der Waals surface area (Å²) in [6.07, 6.45) is 1.89. The highest BCUT2D eigenvalue weighted by atomic mass is 32.1. The van der Waals surface area contributed by atoms with E-state index in [9.17, 15) is 9.18 Å². The van der Waals surface area contributed by atoms with E-state index in [2.05, 4.69) is 20.6 Å². The molecule has 7 heteroatoms. The third kappa shape index (κ3) is 4.60. The highest BCUT2D eigenvalue weighted by molar-refractivity contribution is 7.13. The maximum Gasteiger partial charge on any atom is 0.226 e. The van der Waals surface area contributed by atoms with Gasteiger partial charge in [-0.15, -0.1) is 11.3 Å². The molecule has 0 atom stereocenters. The van der Waals surface area contributed by atoms with E-state index in [1.165, 1.54) is 23.5 Å². The van der Waals surface area contributed by atoms with Crippen molar-refractivity contribution in [3.63, 3.8) is 0 Å². The van der Waals surface area contributed by atoms with Crippen molar-refractivity contribution in [2.24, 2.45) is 0 Å². The summed E-state index contributed by atoms with van der Waals surface area (Å²) in [4.78, 5) is 20.5. The Balaban J connectivity index is 1.51. The van der Waals surface area contributed by atoms with Crippen LogP contribution in [0.1, 0.15) is 11.4 Å². The third-order valence-corrected chi connectivity index (χ3v) is 3.99. The molecule has 0 aliphatic rings. The van der Waals surface area contributed by atoms with Crippen molar-refractivity contribution in [1.82, 2.24) is 15.3 Å². The van der Waals surface area contributed by atoms with Gasteiger partial charge in [0.05, 0.1) is 24.4 Å². The summed E-state index contributed by atoms with van der Waals surface area (Å²) in [7, 11) is 0. The lowest BCUT2D eigenvalue weighted by Gasteiger charge is -2.03. The first-order valence-electron chi connectivity index (χ1n) is 7.32. The van der Waals surface area contributed by atoms with E-state index in [0.29, 0.717) is 17.4 Å². The highest BCUT2D eigenvalue weighted by Crippen LogP contribution is 2.21. The number of nitrogens with one attached hydrogen (secondary N) is 2. The normalized spacial score (nSPS) is 10.4. The molecule has 2 heterocycles. The molecule has 0 saturated carbocycles. The van der Waals surface area contributed by atoms with E-state index in [0.717, 1.165) is 11.4 Å². The van der Waals surface area contributed by atoms with Crippen LogP contribution in [0.15, 0.2) is 54.0 Å². The number of anilines is 2. The molecule has 0 aliphatic carbocycles. The lowest BCUT2D eigenvalue weighted by Crippen LogP contribution is -2.25. The van der Waals surface area contributed by atoms with Crippen LogP contribution in [0.2, 0.25) is 0 Å². The molecule has 2 N–H and O–H groups in total. The average molecular weight is 342 g/mol. The van der Waals surface area contributed by atoms with Crippen LogP contribution >= 0.6 is 11.3 Å². The molecule has 1 amide bonds. The van der Waals surface area contributed by atoms with Crippen LogP contribution in [0, 0.1) is 5.82 Å². The molecule has 0 bridgehead atoms. The minimum absolute atomic E-state index is 0.112. The van der Waals surface area contributed by atoms with Crippen LogP contribution < -0.4 is 10.6 Å². The number of carbonyl (C=O) groups is 1. The zero-order valence-corrected chi connectivity index (χ0v) is 13.5. The number of nitrogens with zero attached hydrogens (tertiary/aromatic N) is 2. The standard InChI is InChI=1S/C17H15FN4OS/c18-12-4-6-13(7-5-12)21-17-22-15(11-24-17)9-16(23)20-10-14-3-1-2-8-19-14/h1-8,11H,9-10H2,(H,20,23)(H,21,22). The van der Waals surface area contributed by atoms with Crippen LogP contribution in [-0.2, 0) is 17.8 Å². The fourth-order valence-electron chi connectivity index (χ4n) is 2.02. The van der Waals surface area contributed by atoms with E-state index in [4.69, 9.17) is 0 Å². The summed E-state index contributed by atoms with van der Waals surface area (Å²) in [5.41, 5.74) is 2.24. The molecule has 24 heavy (non-hydrogen) atoms. The lowest BCUT2D eigenvalue weighted by atomic mass is 10.3. The predicted octanol–water partition coefficient (Wildman–Crippen LogP) is 3.28. The van der Waals surface area contributed by atoms with Crippen LogP contribution in [0.4, 0.5) is 15.2 Å². The molecule has 0 spiro atoms. The summed E-state index contributed by atoms with van der Waals surface area (Å²) in [5, 5.41) is 8.38. The average Bonchev–Trinajstić information content (AvgIpc) is 3.03. The molecule has 0 aliphatic heterocycles. The molecule has 0 saturated heterocycles. The number of thiazole rings is 1. The Morgan fingerprint density at radius 2 is 1.96 bits per heavy atom. The van der Waals surface area contributed by atoms with E-state index in [1.807, 2.05) is 23.6 Å². The Kier molecular flexibility index (Phi) is 5.12. The fraction of sp³-hybridized carbons (Fsp3) is 0.118. The van der Waals surface area contributed by atoms with E-state index >= 15 is 0 Å². The monoisotopic (exact) mass is 342 g/mol. The van der Waals surface area contributed by atoms with Crippen molar-refractivity contribution in [2.75, 3.05) is 5.32 Å². The van der Waals surface area contributed by atoms with Crippen molar-refractivity contribution in [3.8, 4) is 0 Å². The van der Waals surface area contributed by atoms with Gasteiger partial charge >= 0.3 is 0 Å². The van der Waals surface area contributed by atoms with Gasteiger partial charge in [-0.2, -0.15) is 0 Å². The van der Waals surface area contributed by atoms with Gasteiger partial charge in [-0.25, -0.2) is 9.37 Å². The quantitative estimate of drug-likeness (QED) is 0.721. The SMILES string of the molecule is O=C(Cc1csc(Nc2ccc(F)cc2)n1)NCc1ccccn1. The van der Waals surface area contributed by atoms with Crippen LogP contribution in [0.5, 0.6) is 0 Å². The van der Waals surface area contributed by atoms with Gasteiger partial charge < -0.3 is 10.6 Å². The molecule has 3 aromatic rings. The Morgan fingerprint density at radius 3 is 2.71 bits per heavy atom. The van der Waals surface area contributed by atoms with Crippen molar-refractivity contribution >= 4 is 28.1 Å². The number of pyridine rings is 1. The predicted molar refractivity (Wildman–Crippen MR) is 91.6 cm³/mol. The molecule has 0 fully saturated rings. The first-order valence-corrected chi connectivity index (χ1v) is 8.20. The number of halogens is 1. The number of benzene rings is 1. The second-order valence-electron chi connectivity index (χ2n) is 5.05. The van der Waals surface area contributed by atoms with Crippen molar-refractivity contribution in [3.05, 3.63) is 71.2 Å². The van der Waals surface area contributed by atoms with Crippen molar-refractivity contribution in [1.29, 1.82) is 0 Å². The number of aromatic nitrogens is 2. The Bertz CT molecular complexity index is 805. The Hall–Kier alpha value is -2.80. The Morgan fingerprint density at radius 1 is 1.12 bits per heavy atom. The summed E-state index contributed by atoms with van der Waals surface area (Å²) in [6.45, 7) is 0.393. The number of hydrogen-bond acceptors (Lipinski definition) is 5. The maximum absolute atomic E-state index is 12.9. The fourth-order valence-corrected chi connectivity index (χ4v) is 2.75. The van der Waals surface area contributed by atoms with Crippen LogP contribution in [0.25, 0.3) is 0 Å². The van der Waals surface area contributed by atoms with Gasteiger partial charge in [-0.05, 0) is 36.4 Å². The topological polar surface area (TPSA) is 66.9 Å². The summed E-state index contributed by atoms with van der Waals surface area (Å²) in [5.74, 6) is -0.399. The molecule has 0 unspecified atom stereocenters. The molecule has 5 nitrogen and oxygen atoms in total. The van der Waals surface area contributed by atoms with Gasteiger partial charge in [0.25, 0.3) is 0 Å². The van der Waals surface area contributed by atoms with Crippen molar-refractivity contribution in [2.45, 2.75) is 13.0 Å². The van der Waals surface area contributed by atoms with Gasteiger partial charge in [-0.3, -0.25) is 9.78 Å². The molecule has 0 radical (unpaired) electrons. The van der Waals surface area contributed by atoms with Crippen LogP contribution in [0.3, 0.4) is 0 Å². The van der Waals surface area contributed by atoms with Crippen LogP contribution in [-0.4, -0.2) is 15.9 Å². The Labute approximate surface area is 142 Å². The van der Waals surface area contributed by atoms with E-state index in [1.54, 1.807) is 18.3 Å². The third-order valence-electron chi connectivity index (χ3n) is 3.18. The number of amides is 1. The summed E-state index contributed by atoms with van der Waals surface area (Å²) >= 11 is 1.40. The first kappa shape index (κ1) is 16.1. The zero-order valence-electron chi connectivity index (χ0n) is 12.7. The molecule has 3 rings (SSSR count). The number of hydrogen-bond donors (Lipinski definition) is 2. The lowest BCUT2D eigenvalue weighted by molar-refractivity contribution is -0.120. The van der Waals surface area contributed by atoms with Gasteiger partial charge in [0.15, 0.2) is 5.13 Å². The molecule has 1 aromatic carbocycles. The first-order chi connectivity index (χ1) is 11.7. The van der Waals surface area contributed by atoms with Crippen molar-refractivity contribution < 1.29 is 9.18 Å². The van der Waals surface area contributed by atoms with Gasteiger partial charge in [-0.1, -0.05) is 6.07 Å². The minimum Gasteiger partial charge on any atom is -0.350 e. The molecule has 2 aromatic heterocycles. The van der Waals surface area contributed by atoms with Gasteiger partial charge in [0, 0.05) is 17.3 Å². The molecular formula is C17H15FN4OS. The smallest absolute Gasteiger partial charge is 0.226 e. The zero-order chi connectivity index (χ0) is 16.8. The van der Waals surface area contributed by atoms with Gasteiger partial charge in [0.2, 0.25) is 5.91 Å². The largest absolute Gasteiger partial charge is 0.350 e. The second kappa shape index (κ2) is 7.65. The number of carbonyl (C=O) groups excluding carboxylic acids is 1. The summed E-state index contributed by atoms with van der Waals surface area (Å²) < 4.78 is 12.9. The summed E-state index contributed by atoms with van der Waals surface area (Å²) in [6, 6.07) is 11.6. The van der Waals surface area contributed by atoms with Gasteiger partial charge in [0.1, 0.15) is 5.82 Å². The van der Waals surface area contributed by atoms with E-state index in [-0.39, 0.29) is 18.1 Å². The molecular weight excluding hydrogens is 327 g/mol. The minimum atomic E-state index is -0.287. The highest BCUT2D eigenvalue weighted by Gasteiger charge is 2.08. The second-order valence-corrected chi connectivity index (χ2v) is 5.91. The maximum atomic E-state index is 12.9.